The Balaban J connectivity index is 0.00000176. The topological polar surface area (TPSA) is 94.6 Å². The lowest BCUT2D eigenvalue weighted by molar-refractivity contribution is 0.0935. The van der Waals surface area contributed by atoms with Gasteiger partial charge in [0.2, 0.25) is 0 Å². The third-order valence-electron chi connectivity index (χ3n) is 6.18. The number of hydrogen-bond donors (Lipinski definition) is 3. The number of aromatic nitrogens is 1. The first-order valence-corrected chi connectivity index (χ1v) is 12.3. The second-order valence-corrected chi connectivity index (χ2v) is 9.18. The molecular weight excluding hydrogens is 452 g/mol. The first-order chi connectivity index (χ1) is 17.5. The summed E-state index contributed by atoms with van der Waals surface area (Å²) in [6.07, 6.45) is 7.99. The van der Waals surface area contributed by atoms with Crippen molar-refractivity contribution < 1.29 is 14.7 Å². The monoisotopic (exact) mass is 488 g/mol. The lowest BCUT2D eigenvalue weighted by Gasteiger charge is -2.16. The summed E-state index contributed by atoms with van der Waals surface area (Å²) in [6, 6.07) is 17.6. The highest BCUT2D eigenvalue weighted by Crippen LogP contribution is 2.23. The minimum absolute atomic E-state index is 0.0416. The van der Waals surface area contributed by atoms with Crippen LogP contribution in [-0.4, -0.2) is 54.1 Å². The SMILES string of the molecule is CN(C)Cc1cc(-c2ccncc2)ccc1C(=O)NCc1cccc(C(=O)NC2CCCC2)c1.CO. The second-order valence-electron chi connectivity index (χ2n) is 9.18. The van der Waals surface area contributed by atoms with Gasteiger partial charge in [0.05, 0.1) is 0 Å². The van der Waals surface area contributed by atoms with Gasteiger partial charge in [-0.3, -0.25) is 14.6 Å². The second kappa shape index (κ2) is 13.5. The Morgan fingerprint density at radius 2 is 1.67 bits per heavy atom. The van der Waals surface area contributed by atoms with Crippen LogP contribution >= 0.6 is 0 Å². The molecule has 7 nitrogen and oxygen atoms in total. The van der Waals surface area contributed by atoms with Crippen LogP contribution in [0.15, 0.2) is 67.0 Å². The summed E-state index contributed by atoms with van der Waals surface area (Å²) < 4.78 is 0. The van der Waals surface area contributed by atoms with Gasteiger partial charge < -0.3 is 20.6 Å². The first-order valence-electron chi connectivity index (χ1n) is 12.3. The van der Waals surface area contributed by atoms with Crippen molar-refractivity contribution in [2.45, 2.75) is 44.8 Å². The maximum Gasteiger partial charge on any atom is 0.251 e. The summed E-state index contributed by atoms with van der Waals surface area (Å²) in [7, 11) is 4.98. The van der Waals surface area contributed by atoms with Crippen LogP contribution in [0.3, 0.4) is 0 Å². The lowest BCUT2D eigenvalue weighted by atomic mass is 9.98. The lowest BCUT2D eigenvalue weighted by Crippen LogP contribution is -2.32. The van der Waals surface area contributed by atoms with E-state index in [0.717, 1.165) is 42.2 Å². The predicted octanol–water partition coefficient (Wildman–Crippen LogP) is 4.02. The zero-order valence-electron chi connectivity index (χ0n) is 21.3. The van der Waals surface area contributed by atoms with Gasteiger partial charge in [0.25, 0.3) is 11.8 Å². The Morgan fingerprint density at radius 3 is 2.36 bits per heavy atom. The molecule has 1 aliphatic rings. The van der Waals surface area contributed by atoms with Crippen LogP contribution in [0.25, 0.3) is 11.1 Å². The fourth-order valence-electron chi connectivity index (χ4n) is 4.45. The summed E-state index contributed by atoms with van der Waals surface area (Å²) in [5.41, 5.74) is 5.26. The average Bonchev–Trinajstić information content (AvgIpc) is 3.42. The van der Waals surface area contributed by atoms with E-state index >= 15 is 0 Å². The predicted molar refractivity (Wildman–Crippen MR) is 143 cm³/mol. The van der Waals surface area contributed by atoms with Crippen LogP contribution < -0.4 is 10.6 Å². The molecule has 1 saturated carbocycles. The van der Waals surface area contributed by atoms with Crippen molar-refractivity contribution >= 4 is 11.8 Å². The highest BCUT2D eigenvalue weighted by atomic mass is 16.2. The van der Waals surface area contributed by atoms with E-state index in [-0.39, 0.29) is 17.9 Å². The van der Waals surface area contributed by atoms with Gasteiger partial charge in [-0.25, -0.2) is 0 Å². The van der Waals surface area contributed by atoms with Gasteiger partial charge in [0.15, 0.2) is 0 Å². The van der Waals surface area contributed by atoms with Crippen molar-refractivity contribution in [3.8, 4) is 11.1 Å². The maximum atomic E-state index is 13.1. The van der Waals surface area contributed by atoms with E-state index in [9.17, 15) is 9.59 Å². The van der Waals surface area contributed by atoms with Crippen molar-refractivity contribution in [3.05, 3.63) is 89.2 Å². The van der Waals surface area contributed by atoms with E-state index in [0.29, 0.717) is 24.2 Å². The van der Waals surface area contributed by atoms with Crippen molar-refractivity contribution in [2.75, 3.05) is 21.2 Å². The molecule has 36 heavy (non-hydrogen) atoms. The van der Waals surface area contributed by atoms with Gasteiger partial charge in [-0.15, -0.1) is 0 Å². The van der Waals surface area contributed by atoms with Crippen molar-refractivity contribution in [2.24, 2.45) is 0 Å². The molecule has 0 spiro atoms. The minimum Gasteiger partial charge on any atom is -0.400 e. The third kappa shape index (κ3) is 7.47. The summed E-state index contributed by atoms with van der Waals surface area (Å²) in [5, 5.41) is 13.2. The number of nitrogens with zero attached hydrogens (tertiary/aromatic N) is 2. The Kier molecular flexibility index (Phi) is 10.2. The van der Waals surface area contributed by atoms with E-state index in [4.69, 9.17) is 5.11 Å². The largest absolute Gasteiger partial charge is 0.400 e. The molecule has 3 N–H and O–H groups in total. The molecular formula is C29H36N4O3. The molecule has 1 aliphatic carbocycles. The molecule has 2 amide bonds. The zero-order chi connectivity index (χ0) is 25.9. The number of hydrogen-bond acceptors (Lipinski definition) is 5. The molecule has 0 radical (unpaired) electrons. The molecule has 4 rings (SSSR count). The van der Waals surface area contributed by atoms with Gasteiger partial charge in [0.1, 0.15) is 0 Å². The van der Waals surface area contributed by atoms with Gasteiger partial charge >= 0.3 is 0 Å². The van der Waals surface area contributed by atoms with Crippen LogP contribution in [0.4, 0.5) is 0 Å². The summed E-state index contributed by atoms with van der Waals surface area (Å²) in [5.74, 6) is -0.168. The highest BCUT2D eigenvalue weighted by Gasteiger charge is 2.18. The summed E-state index contributed by atoms with van der Waals surface area (Å²) in [6.45, 7) is 1.01. The number of rotatable bonds is 8. The molecule has 0 aliphatic heterocycles. The van der Waals surface area contributed by atoms with Gasteiger partial charge in [-0.1, -0.05) is 31.0 Å². The number of amides is 2. The van der Waals surface area contributed by atoms with E-state index in [2.05, 4.69) is 26.6 Å². The quantitative estimate of drug-likeness (QED) is 0.445. The summed E-state index contributed by atoms with van der Waals surface area (Å²) in [4.78, 5) is 31.8. The number of aliphatic hydroxyl groups excluding tert-OH is 1. The van der Waals surface area contributed by atoms with E-state index < -0.39 is 0 Å². The maximum absolute atomic E-state index is 13.1. The van der Waals surface area contributed by atoms with E-state index in [1.54, 1.807) is 12.4 Å². The molecule has 190 valence electrons. The first kappa shape index (κ1) is 27.0. The Bertz CT molecular complexity index is 1140. The molecule has 0 saturated heterocycles. The highest BCUT2D eigenvalue weighted by molar-refractivity contribution is 5.96. The van der Waals surface area contributed by atoms with E-state index in [1.807, 2.05) is 62.6 Å². The zero-order valence-corrected chi connectivity index (χ0v) is 21.3. The normalized spacial score (nSPS) is 13.1. The van der Waals surface area contributed by atoms with Crippen molar-refractivity contribution in [1.29, 1.82) is 0 Å². The standard InChI is InChI=1S/C28H32N4O2.CH4O/c1-32(2)19-24-17-22(21-12-14-29-15-13-21)10-11-26(24)28(34)30-18-20-6-5-7-23(16-20)27(33)31-25-8-3-4-9-25;1-2/h5-7,10-17,25H,3-4,8-9,18-19H2,1-2H3,(H,30,34)(H,31,33);2H,1H3. The number of benzene rings is 2. The fourth-order valence-corrected chi connectivity index (χ4v) is 4.45. The fraction of sp³-hybridized carbons (Fsp3) is 0.345. The van der Waals surface area contributed by atoms with Gasteiger partial charge in [0, 0.05) is 49.8 Å². The number of aliphatic hydroxyl groups is 1. The summed E-state index contributed by atoms with van der Waals surface area (Å²) >= 11 is 0. The van der Waals surface area contributed by atoms with Crippen LogP contribution in [0.2, 0.25) is 0 Å². The molecule has 1 fully saturated rings. The number of carbonyl (C=O) groups is 2. The molecule has 3 aromatic rings. The van der Waals surface area contributed by atoms with Crippen molar-refractivity contribution in [3.63, 3.8) is 0 Å². The molecule has 1 aromatic heterocycles. The smallest absolute Gasteiger partial charge is 0.251 e. The van der Waals surface area contributed by atoms with Crippen LogP contribution in [0.1, 0.15) is 57.5 Å². The molecule has 0 atom stereocenters. The molecule has 7 heteroatoms. The van der Waals surface area contributed by atoms with E-state index in [1.165, 1.54) is 12.8 Å². The van der Waals surface area contributed by atoms with Gasteiger partial charge in [-0.05, 0) is 85.6 Å². The Morgan fingerprint density at radius 1 is 0.944 bits per heavy atom. The van der Waals surface area contributed by atoms with Crippen LogP contribution in [0.5, 0.6) is 0 Å². The van der Waals surface area contributed by atoms with Gasteiger partial charge in [-0.2, -0.15) is 0 Å². The average molecular weight is 489 g/mol. The van der Waals surface area contributed by atoms with Crippen LogP contribution in [-0.2, 0) is 13.1 Å². The molecule has 0 bridgehead atoms. The molecule has 2 aromatic carbocycles. The number of nitrogens with one attached hydrogen (secondary N) is 2. The Hall–Kier alpha value is -3.55. The number of carbonyl (C=O) groups excluding carboxylic acids is 2. The molecule has 1 heterocycles. The van der Waals surface area contributed by atoms with Crippen LogP contribution in [0, 0.1) is 0 Å². The van der Waals surface area contributed by atoms with Crippen molar-refractivity contribution in [1.82, 2.24) is 20.5 Å². The minimum atomic E-state index is -0.126. The molecule has 0 unspecified atom stereocenters. The Labute approximate surface area is 213 Å². The third-order valence-corrected chi connectivity index (χ3v) is 6.18. The number of pyridine rings is 1.